The summed E-state index contributed by atoms with van der Waals surface area (Å²) in [5, 5.41) is 12.9. The predicted octanol–water partition coefficient (Wildman–Crippen LogP) is 4.59. The van der Waals surface area contributed by atoms with Crippen LogP contribution in [0, 0.1) is 0 Å². The Kier molecular flexibility index (Phi) is 4.99. The molecular weight excluding hydrogens is 336 g/mol. The number of aliphatic hydroxyl groups excluding tert-OH is 1. The molecule has 0 amide bonds. The van der Waals surface area contributed by atoms with Gasteiger partial charge in [-0.3, -0.25) is 0 Å². The van der Waals surface area contributed by atoms with Gasteiger partial charge in [0.05, 0.1) is 11.2 Å². The van der Waals surface area contributed by atoms with E-state index in [0.29, 0.717) is 6.54 Å². The summed E-state index contributed by atoms with van der Waals surface area (Å²) < 4.78 is 5.70. The van der Waals surface area contributed by atoms with E-state index in [9.17, 15) is 5.11 Å². The third-order valence-corrected chi connectivity index (χ3v) is 4.86. The number of nitrogens with one attached hydrogen (secondary N) is 1. The maximum absolute atomic E-state index is 10.5. The van der Waals surface area contributed by atoms with Gasteiger partial charge in [-0.25, -0.2) is 0 Å². The summed E-state index contributed by atoms with van der Waals surface area (Å²) in [4.78, 5) is 5.73. The Balaban J connectivity index is 1.55. The van der Waals surface area contributed by atoms with Gasteiger partial charge in [0.2, 0.25) is 0 Å². The Labute approximate surface area is 159 Å². The Morgan fingerprint density at radius 3 is 2.48 bits per heavy atom. The number of H-pyrrole nitrogens is 1. The Bertz CT molecular complexity index is 1030. The first kappa shape index (κ1) is 17.4. The molecule has 0 spiro atoms. The van der Waals surface area contributed by atoms with Crippen LogP contribution in [0.3, 0.4) is 0 Å². The zero-order chi connectivity index (χ0) is 18.6. The molecule has 1 aromatic heterocycles. The molecule has 0 aliphatic carbocycles. The SMILES string of the molecule is CCN(CC(O)COc1ccccc1)c1cccc2c1[nH]c1ccccc12. The highest BCUT2D eigenvalue weighted by molar-refractivity contribution is 6.11. The molecule has 27 heavy (non-hydrogen) atoms. The van der Waals surface area contributed by atoms with Crippen molar-refractivity contribution in [1.29, 1.82) is 0 Å². The van der Waals surface area contributed by atoms with E-state index in [2.05, 4.69) is 53.2 Å². The largest absolute Gasteiger partial charge is 0.491 e. The molecule has 0 aliphatic rings. The summed E-state index contributed by atoms with van der Waals surface area (Å²) in [5.74, 6) is 0.775. The molecule has 0 aliphatic heterocycles. The van der Waals surface area contributed by atoms with E-state index in [1.165, 1.54) is 10.8 Å². The average Bonchev–Trinajstić information content (AvgIpc) is 3.10. The first-order chi connectivity index (χ1) is 13.3. The van der Waals surface area contributed by atoms with Crippen molar-refractivity contribution in [3.05, 3.63) is 72.8 Å². The van der Waals surface area contributed by atoms with Crippen molar-refractivity contribution in [2.24, 2.45) is 0 Å². The van der Waals surface area contributed by atoms with Crippen LogP contribution in [0.1, 0.15) is 6.92 Å². The number of anilines is 1. The van der Waals surface area contributed by atoms with Crippen LogP contribution in [0.25, 0.3) is 21.8 Å². The number of hydrogen-bond donors (Lipinski definition) is 2. The number of nitrogens with zero attached hydrogens (tertiary/aromatic N) is 1. The molecule has 0 saturated carbocycles. The summed E-state index contributed by atoms with van der Waals surface area (Å²) >= 11 is 0. The second-order valence-corrected chi connectivity index (χ2v) is 6.69. The number of para-hydroxylation sites is 3. The van der Waals surface area contributed by atoms with Gasteiger partial charge in [0.15, 0.2) is 0 Å². The molecule has 0 radical (unpaired) electrons. The van der Waals surface area contributed by atoms with Crippen molar-refractivity contribution >= 4 is 27.5 Å². The van der Waals surface area contributed by atoms with Crippen molar-refractivity contribution in [2.45, 2.75) is 13.0 Å². The van der Waals surface area contributed by atoms with E-state index in [1.54, 1.807) is 0 Å². The standard InChI is InChI=1S/C23H24N2O2/c1-2-25(15-17(26)16-27-18-9-4-3-5-10-18)22-14-8-12-20-19-11-6-7-13-21(19)24-23(20)22/h3-14,17,24,26H,2,15-16H2,1H3. The Morgan fingerprint density at radius 2 is 1.67 bits per heavy atom. The number of aliphatic hydroxyl groups is 1. The monoisotopic (exact) mass is 360 g/mol. The highest BCUT2D eigenvalue weighted by Gasteiger charge is 2.16. The van der Waals surface area contributed by atoms with Gasteiger partial charge in [0.25, 0.3) is 0 Å². The van der Waals surface area contributed by atoms with E-state index in [0.717, 1.165) is 29.0 Å². The van der Waals surface area contributed by atoms with Gasteiger partial charge in [-0.2, -0.15) is 0 Å². The summed E-state index contributed by atoms with van der Waals surface area (Å²) in [6, 6.07) is 24.3. The average molecular weight is 360 g/mol. The van der Waals surface area contributed by atoms with Crippen LogP contribution >= 0.6 is 0 Å². The lowest BCUT2D eigenvalue weighted by Gasteiger charge is -2.26. The molecule has 4 aromatic rings. The Hall–Kier alpha value is -2.98. The van der Waals surface area contributed by atoms with Crippen LogP contribution in [0.2, 0.25) is 0 Å². The first-order valence-corrected chi connectivity index (χ1v) is 9.36. The van der Waals surface area contributed by atoms with Gasteiger partial charge >= 0.3 is 0 Å². The number of aromatic nitrogens is 1. The lowest BCUT2D eigenvalue weighted by atomic mass is 10.1. The molecule has 0 fully saturated rings. The minimum absolute atomic E-state index is 0.267. The van der Waals surface area contributed by atoms with Crippen LogP contribution in [0.15, 0.2) is 72.8 Å². The molecule has 138 valence electrons. The topological polar surface area (TPSA) is 48.5 Å². The van der Waals surface area contributed by atoms with E-state index < -0.39 is 6.10 Å². The maximum atomic E-state index is 10.5. The molecular formula is C23H24N2O2. The fourth-order valence-electron chi connectivity index (χ4n) is 3.54. The molecule has 1 atom stereocenters. The molecule has 0 bridgehead atoms. The zero-order valence-electron chi connectivity index (χ0n) is 15.4. The minimum atomic E-state index is -0.579. The molecule has 1 unspecified atom stereocenters. The highest BCUT2D eigenvalue weighted by Crippen LogP contribution is 2.32. The van der Waals surface area contributed by atoms with Gasteiger partial charge < -0.3 is 19.7 Å². The van der Waals surface area contributed by atoms with E-state index in [1.807, 2.05) is 36.4 Å². The normalized spacial score (nSPS) is 12.4. The first-order valence-electron chi connectivity index (χ1n) is 9.36. The number of rotatable bonds is 7. The van der Waals surface area contributed by atoms with Gasteiger partial charge in [-0.15, -0.1) is 0 Å². The van der Waals surface area contributed by atoms with Crippen LogP contribution in [0.4, 0.5) is 5.69 Å². The van der Waals surface area contributed by atoms with E-state index in [4.69, 9.17) is 4.74 Å². The molecule has 2 N–H and O–H groups in total. The number of likely N-dealkylation sites (N-methyl/N-ethyl adjacent to an activating group) is 1. The third kappa shape index (κ3) is 3.62. The number of fused-ring (bicyclic) bond motifs is 3. The van der Waals surface area contributed by atoms with E-state index >= 15 is 0 Å². The number of benzene rings is 3. The molecule has 4 heteroatoms. The smallest absolute Gasteiger partial charge is 0.119 e. The quantitative estimate of drug-likeness (QED) is 0.507. The maximum Gasteiger partial charge on any atom is 0.119 e. The van der Waals surface area contributed by atoms with Crippen molar-refractivity contribution in [1.82, 2.24) is 4.98 Å². The number of ether oxygens (including phenoxy) is 1. The highest BCUT2D eigenvalue weighted by atomic mass is 16.5. The number of hydrogen-bond acceptors (Lipinski definition) is 3. The third-order valence-electron chi connectivity index (χ3n) is 4.86. The summed E-state index contributed by atoms with van der Waals surface area (Å²) in [6.07, 6.45) is -0.579. The van der Waals surface area contributed by atoms with Gasteiger partial charge in [-0.05, 0) is 31.2 Å². The lowest BCUT2D eigenvalue weighted by Crippen LogP contribution is -2.35. The van der Waals surface area contributed by atoms with Gasteiger partial charge in [0, 0.05) is 29.4 Å². The molecule has 1 heterocycles. The Morgan fingerprint density at radius 1 is 0.926 bits per heavy atom. The zero-order valence-corrected chi connectivity index (χ0v) is 15.4. The van der Waals surface area contributed by atoms with Crippen molar-refractivity contribution in [3.8, 4) is 5.75 Å². The second-order valence-electron chi connectivity index (χ2n) is 6.69. The molecule has 4 rings (SSSR count). The summed E-state index contributed by atoms with van der Waals surface area (Å²) in [7, 11) is 0. The van der Waals surface area contributed by atoms with Crippen LogP contribution in [0.5, 0.6) is 5.75 Å². The van der Waals surface area contributed by atoms with Gasteiger partial charge in [0.1, 0.15) is 18.5 Å². The summed E-state index contributed by atoms with van der Waals surface area (Å²) in [5.41, 5.74) is 3.34. The van der Waals surface area contributed by atoms with Crippen LogP contribution in [-0.2, 0) is 0 Å². The second kappa shape index (κ2) is 7.72. The van der Waals surface area contributed by atoms with E-state index in [-0.39, 0.29) is 6.61 Å². The summed E-state index contributed by atoms with van der Waals surface area (Å²) in [6.45, 7) is 3.68. The molecule has 0 saturated heterocycles. The lowest BCUT2D eigenvalue weighted by molar-refractivity contribution is 0.112. The molecule has 3 aromatic carbocycles. The predicted molar refractivity (Wildman–Crippen MR) is 112 cm³/mol. The minimum Gasteiger partial charge on any atom is -0.491 e. The van der Waals surface area contributed by atoms with Gasteiger partial charge in [-0.1, -0.05) is 48.5 Å². The van der Waals surface area contributed by atoms with Crippen LogP contribution < -0.4 is 9.64 Å². The van der Waals surface area contributed by atoms with Crippen molar-refractivity contribution < 1.29 is 9.84 Å². The molecule has 4 nitrogen and oxygen atoms in total. The van der Waals surface area contributed by atoms with Crippen molar-refractivity contribution in [3.63, 3.8) is 0 Å². The fourth-order valence-corrected chi connectivity index (χ4v) is 3.54. The number of aromatic amines is 1. The van der Waals surface area contributed by atoms with Crippen LogP contribution in [-0.4, -0.2) is 35.9 Å². The van der Waals surface area contributed by atoms with Crippen molar-refractivity contribution in [2.75, 3.05) is 24.6 Å². The fraction of sp³-hybridized carbons (Fsp3) is 0.217.